The molecule has 0 aliphatic carbocycles. The topological polar surface area (TPSA) is 74.8 Å². The van der Waals surface area contributed by atoms with Crippen molar-refractivity contribution in [2.75, 3.05) is 21.7 Å². The number of rotatable bonds is 8. The van der Waals surface area contributed by atoms with Crippen molar-refractivity contribution < 1.29 is 16.8 Å². The maximum atomic E-state index is 13.4. The summed E-state index contributed by atoms with van der Waals surface area (Å²) in [4.78, 5) is 0.323. The summed E-state index contributed by atoms with van der Waals surface area (Å²) in [5, 5.41) is 0. The molecule has 0 unspecified atom stereocenters. The highest BCUT2D eigenvalue weighted by molar-refractivity contribution is 7.93. The number of nitrogens with zero attached hydrogens (tertiary/aromatic N) is 2. The summed E-state index contributed by atoms with van der Waals surface area (Å²) in [6.45, 7) is 3.53. The van der Waals surface area contributed by atoms with Gasteiger partial charge in [0.25, 0.3) is 20.0 Å². The molecule has 0 heterocycles. The molecule has 40 heavy (non-hydrogen) atoms. The number of para-hydroxylation sites is 2. The highest BCUT2D eigenvalue weighted by Crippen LogP contribution is 2.24. The second-order valence-corrected chi connectivity index (χ2v) is 12.6. The van der Waals surface area contributed by atoms with Gasteiger partial charge in [-0.25, -0.2) is 16.8 Å². The van der Waals surface area contributed by atoms with Crippen molar-refractivity contribution in [3.8, 4) is 23.7 Å². The molecule has 8 heteroatoms. The first-order chi connectivity index (χ1) is 19.2. The fraction of sp³-hybridized carbons (Fsp3) is 0.125. The van der Waals surface area contributed by atoms with E-state index in [1.807, 2.05) is 13.8 Å². The second-order valence-electron chi connectivity index (χ2n) is 8.92. The first-order valence-electron chi connectivity index (χ1n) is 12.4. The van der Waals surface area contributed by atoms with Gasteiger partial charge in [-0.1, -0.05) is 83.6 Å². The van der Waals surface area contributed by atoms with Crippen molar-refractivity contribution in [2.24, 2.45) is 0 Å². The van der Waals surface area contributed by atoms with Crippen molar-refractivity contribution >= 4 is 31.4 Å². The average Bonchev–Trinajstić information content (AvgIpc) is 2.95. The van der Waals surface area contributed by atoms with Crippen molar-refractivity contribution in [2.45, 2.75) is 23.6 Å². The summed E-state index contributed by atoms with van der Waals surface area (Å²) >= 11 is 0. The van der Waals surface area contributed by atoms with Crippen molar-refractivity contribution in [3.05, 3.63) is 120 Å². The van der Waals surface area contributed by atoms with E-state index in [9.17, 15) is 16.8 Å². The van der Waals surface area contributed by atoms with E-state index >= 15 is 0 Å². The highest BCUT2D eigenvalue weighted by Gasteiger charge is 2.25. The minimum Gasteiger partial charge on any atom is -0.254 e. The minimum atomic E-state index is -3.87. The molecule has 0 aromatic heterocycles. The Morgan fingerprint density at radius 2 is 0.825 bits per heavy atom. The van der Waals surface area contributed by atoms with Crippen LogP contribution in [0.3, 0.4) is 0 Å². The first-order valence-corrected chi connectivity index (χ1v) is 15.3. The molecule has 0 saturated carbocycles. The molecular weight excluding hydrogens is 540 g/mol. The van der Waals surface area contributed by atoms with Gasteiger partial charge in [-0.15, -0.1) is 0 Å². The van der Waals surface area contributed by atoms with E-state index in [0.29, 0.717) is 11.4 Å². The Bertz CT molecular complexity index is 1640. The second kappa shape index (κ2) is 12.6. The van der Waals surface area contributed by atoms with E-state index in [2.05, 4.69) is 23.7 Å². The maximum absolute atomic E-state index is 13.4. The number of anilines is 2. The van der Waals surface area contributed by atoms with Gasteiger partial charge in [-0.2, -0.15) is 0 Å². The first kappa shape index (κ1) is 28.5. The van der Waals surface area contributed by atoms with E-state index in [4.69, 9.17) is 0 Å². The van der Waals surface area contributed by atoms with Crippen LogP contribution in [-0.2, 0) is 20.0 Å². The van der Waals surface area contributed by atoms with E-state index in [0.717, 1.165) is 11.1 Å². The van der Waals surface area contributed by atoms with Crippen LogP contribution >= 0.6 is 0 Å². The van der Waals surface area contributed by atoms with Gasteiger partial charge < -0.3 is 0 Å². The van der Waals surface area contributed by atoms with Crippen LogP contribution in [-0.4, -0.2) is 29.9 Å². The van der Waals surface area contributed by atoms with E-state index < -0.39 is 20.0 Å². The third kappa shape index (κ3) is 6.73. The van der Waals surface area contributed by atoms with Crippen LogP contribution < -0.4 is 8.61 Å². The number of hydrogen-bond acceptors (Lipinski definition) is 4. The molecule has 4 rings (SSSR count). The standard InChI is InChI=1S/C32H28N2O4S2/c1-27-17-21-31(22-18-27)39(35,36)33(29-13-7-5-8-14-29)25-11-3-4-12-26-34(30-15-9-6-10-16-30)40(37,38)32-23-19-28(2)20-24-32/h5-10,13-24H,25-26H2,1-2H3. The Morgan fingerprint density at radius 1 is 0.500 bits per heavy atom. The summed E-state index contributed by atoms with van der Waals surface area (Å²) in [5.41, 5.74) is 2.86. The average molecular weight is 569 g/mol. The molecule has 0 saturated heterocycles. The number of sulfonamides is 2. The van der Waals surface area contributed by atoms with Crippen LogP contribution in [0, 0.1) is 37.5 Å². The lowest BCUT2D eigenvalue weighted by Crippen LogP contribution is -2.31. The van der Waals surface area contributed by atoms with Crippen LogP contribution in [0.2, 0.25) is 0 Å². The molecule has 0 fully saturated rings. The SMILES string of the molecule is Cc1ccc(S(=O)(=O)N(CC#CC#CCN(c2ccccc2)S(=O)(=O)c2ccc(C)cc2)c2ccccc2)cc1. The van der Waals surface area contributed by atoms with Crippen molar-refractivity contribution in [1.82, 2.24) is 0 Å². The third-order valence-corrected chi connectivity index (χ3v) is 9.57. The molecule has 0 aliphatic heterocycles. The number of hydrogen-bond donors (Lipinski definition) is 0. The Morgan fingerprint density at radius 3 is 1.15 bits per heavy atom. The zero-order chi connectivity index (χ0) is 28.6. The van der Waals surface area contributed by atoms with Gasteiger partial charge in [0.15, 0.2) is 0 Å². The van der Waals surface area contributed by atoms with E-state index in [1.54, 1.807) is 109 Å². The van der Waals surface area contributed by atoms with Gasteiger partial charge in [-0.05, 0) is 74.2 Å². The Labute approximate surface area is 237 Å². The molecule has 0 amide bonds. The lowest BCUT2D eigenvalue weighted by atomic mass is 10.2. The molecule has 6 nitrogen and oxygen atoms in total. The number of aryl methyl sites for hydroxylation is 2. The predicted octanol–water partition coefficient (Wildman–Crippen LogP) is 5.40. The van der Waals surface area contributed by atoms with Crippen LogP contribution in [0.4, 0.5) is 11.4 Å². The molecule has 0 bridgehead atoms. The molecule has 0 spiro atoms. The highest BCUT2D eigenvalue weighted by atomic mass is 32.2. The molecule has 0 N–H and O–H groups in total. The van der Waals surface area contributed by atoms with Crippen molar-refractivity contribution in [3.63, 3.8) is 0 Å². The Balaban J connectivity index is 1.58. The van der Waals surface area contributed by atoms with Gasteiger partial charge in [0, 0.05) is 0 Å². The Kier molecular flexibility index (Phi) is 8.96. The fourth-order valence-electron chi connectivity index (χ4n) is 3.80. The lowest BCUT2D eigenvalue weighted by molar-refractivity contribution is 0.591. The largest absolute Gasteiger partial charge is 0.265 e. The van der Waals surface area contributed by atoms with Crippen LogP contribution in [0.15, 0.2) is 119 Å². The smallest absolute Gasteiger partial charge is 0.254 e. The molecule has 4 aromatic rings. The van der Waals surface area contributed by atoms with E-state index in [1.165, 1.54) is 8.61 Å². The zero-order valence-corrected chi connectivity index (χ0v) is 23.8. The summed E-state index contributed by atoms with van der Waals surface area (Å²) in [5.74, 6) is 11.0. The van der Waals surface area contributed by atoms with Crippen LogP contribution in [0.25, 0.3) is 0 Å². The molecule has 0 atom stereocenters. The molecular formula is C32H28N2O4S2. The van der Waals surface area contributed by atoms with Gasteiger partial charge in [-0.3, -0.25) is 8.61 Å². The minimum absolute atomic E-state index is 0.126. The fourth-order valence-corrected chi connectivity index (χ4v) is 6.54. The normalized spacial score (nSPS) is 10.9. The van der Waals surface area contributed by atoms with Crippen LogP contribution in [0.1, 0.15) is 11.1 Å². The zero-order valence-electron chi connectivity index (χ0n) is 22.2. The van der Waals surface area contributed by atoms with Crippen LogP contribution in [0.5, 0.6) is 0 Å². The summed E-state index contributed by atoms with van der Waals surface area (Å²) < 4.78 is 56.2. The summed E-state index contributed by atoms with van der Waals surface area (Å²) in [7, 11) is -7.74. The number of benzene rings is 4. The maximum Gasteiger partial charge on any atom is 0.265 e. The Hall–Kier alpha value is -4.50. The molecule has 0 aliphatic rings. The molecule has 0 radical (unpaired) electrons. The molecule has 4 aromatic carbocycles. The third-order valence-electron chi connectivity index (χ3n) is 5.99. The quantitative estimate of drug-likeness (QED) is 0.267. The van der Waals surface area contributed by atoms with Gasteiger partial charge in [0.2, 0.25) is 0 Å². The summed E-state index contributed by atoms with van der Waals surface area (Å²) in [6, 6.07) is 30.7. The molecule has 202 valence electrons. The predicted molar refractivity (Wildman–Crippen MR) is 160 cm³/mol. The van der Waals surface area contributed by atoms with Gasteiger partial charge in [0.1, 0.15) is 0 Å². The van der Waals surface area contributed by atoms with Gasteiger partial charge >= 0.3 is 0 Å². The van der Waals surface area contributed by atoms with E-state index in [-0.39, 0.29) is 22.9 Å². The lowest BCUT2D eigenvalue weighted by Gasteiger charge is -2.22. The van der Waals surface area contributed by atoms with Gasteiger partial charge in [0.05, 0.1) is 34.3 Å². The monoisotopic (exact) mass is 568 g/mol. The summed E-state index contributed by atoms with van der Waals surface area (Å²) in [6.07, 6.45) is 0. The van der Waals surface area contributed by atoms with Crippen molar-refractivity contribution in [1.29, 1.82) is 0 Å².